The largest absolute Gasteiger partial charge is 0.454 e. The fraction of sp³-hybridized carbons (Fsp3) is 0.190. The Kier molecular flexibility index (Phi) is 5.42. The SMILES string of the molecule is O=C(CCC(=O)Nc1ccc(-n2ccnc2)cc1)NCc1ccc2c(c1)OCO2. The lowest BCUT2D eigenvalue weighted by Crippen LogP contribution is -2.24. The summed E-state index contributed by atoms with van der Waals surface area (Å²) in [5.74, 6) is 0.983. The highest BCUT2D eigenvalue weighted by atomic mass is 16.7. The molecule has 0 radical (unpaired) electrons. The molecule has 4 rings (SSSR count). The Labute approximate surface area is 167 Å². The first kappa shape index (κ1) is 18.5. The molecule has 0 unspecified atom stereocenters. The molecule has 8 nitrogen and oxygen atoms in total. The number of nitrogens with one attached hydrogen (secondary N) is 2. The first-order chi connectivity index (χ1) is 14.2. The second kappa shape index (κ2) is 8.47. The van der Waals surface area contributed by atoms with Crippen molar-refractivity contribution in [1.29, 1.82) is 0 Å². The van der Waals surface area contributed by atoms with Gasteiger partial charge in [0.25, 0.3) is 0 Å². The van der Waals surface area contributed by atoms with Gasteiger partial charge in [-0.25, -0.2) is 4.98 Å². The average Bonchev–Trinajstić information content (AvgIpc) is 3.43. The topological polar surface area (TPSA) is 94.5 Å². The Morgan fingerprint density at radius 2 is 1.79 bits per heavy atom. The van der Waals surface area contributed by atoms with Gasteiger partial charge in [-0.1, -0.05) is 6.07 Å². The Hall–Kier alpha value is -3.81. The summed E-state index contributed by atoms with van der Waals surface area (Å²) in [6.45, 7) is 0.583. The van der Waals surface area contributed by atoms with E-state index < -0.39 is 0 Å². The van der Waals surface area contributed by atoms with Crippen LogP contribution in [0, 0.1) is 0 Å². The van der Waals surface area contributed by atoms with Crippen molar-refractivity contribution >= 4 is 17.5 Å². The molecule has 0 spiro atoms. The minimum atomic E-state index is -0.210. The van der Waals surface area contributed by atoms with Crippen LogP contribution in [0.25, 0.3) is 5.69 Å². The first-order valence-electron chi connectivity index (χ1n) is 9.21. The number of amides is 2. The predicted molar refractivity (Wildman–Crippen MR) is 106 cm³/mol. The van der Waals surface area contributed by atoms with Crippen LogP contribution in [0.5, 0.6) is 11.5 Å². The number of benzene rings is 2. The Morgan fingerprint density at radius 3 is 2.59 bits per heavy atom. The van der Waals surface area contributed by atoms with E-state index in [4.69, 9.17) is 9.47 Å². The number of hydrogen-bond acceptors (Lipinski definition) is 5. The molecular weight excluding hydrogens is 372 g/mol. The number of nitrogens with zero attached hydrogens (tertiary/aromatic N) is 2. The number of fused-ring (bicyclic) bond motifs is 1. The van der Waals surface area contributed by atoms with Gasteiger partial charge in [0, 0.05) is 43.2 Å². The van der Waals surface area contributed by atoms with E-state index in [1.165, 1.54) is 0 Å². The summed E-state index contributed by atoms with van der Waals surface area (Å²) in [5, 5.41) is 5.61. The molecule has 2 amide bonds. The molecule has 1 aliphatic heterocycles. The van der Waals surface area contributed by atoms with E-state index >= 15 is 0 Å². The van der Waals surface area contributed by atoms with E-state index in [0.29, 0.717) is 23.7 Å². The van der Waals surface area contributed by atoms with Gasteiger partial charge in [0.15, 0.2) is 11.5 Å². The van der Waals surface area contributed by atoms with Crippen molar-refractivity contribution in [3.05, 3.63) is 66.7 Å². The van der Waals surface area contributed by atoms with E-state index in [-0.39, 0.29) is 31.4 Å². The fourth-order valence-electron chi connectivity index (χ4n) is 2.92. The number of aromatic nitrogens is 2. The highest BCUT2D eigenvalue weighted by molar-refractivity contribution is 5.93. The summed E-state index contributed by atoms with van der Waals surface area (Å²) in [6.07, 6.45) is 5.47. The minimum absolute atomic E-state index is 0.107. The monoisotopic (exact) mass is 392 g/mol. The Bertz CT molecular complexity index is 1000. The number of carbonyl (C=O) groups is 2. The second-order valence-corrected chi connectivity index (χ2v) is 6.53. The maximum absolute atomic E-state index is 12.1. The third kappa shape index (κ3) is 4.73. The molecular formula is C21H20N4O4. The van der Waals surface area contributed by atoms with Crippen molar-refractivity contribution in [3.8, 4) is 17.2 Å². The maximum Gasteiger partial charge on any atom is 0.231 e. The summed E-state index contributed by atoms with van der Waals surface area (Å²) in [5.41, 5.74) is 2.54. The molecule has 2 aromatic carbocycles. The van der Waals surface area contributed by atoms with Gasteiger partial charge < -0.3 is 24.7 Å². The fourth-order valence-corrected chi connectivity index (χ4v) is 2.92. The third-order valence-corrected chi connectivity index (χ3v) is 4.46. The van der Waals surface area contributed by atoms with E-state index in [9.17, 15) is 9.59 Å². The van der Waals surface area contributed by atoms with Gasteiger partial charge >= 0.3 is 0 Å². The molecule has 1 aliphatic rings. The number of carbonyl (C=O) groups excluding carboxylic acids is 2. The highest BCUT2D eigenvalue weighted by Gasteiger charge is 2.13. The molecule has 8 heteroatoms. The molecule has 0 atom stereocenters. The third-order valence-electron chi connectivity index (χ3n) is 4.46. The summed E-state index contributed by atoms with van der Waals surface area (Å²) < 4.78 is 12.4. The zero-order valence-electron chi connectivity index (χ0n) is 15.6. The quantitative estimate of drug-likeness (QED) is 0.645. The van der Waals surface area contributed by atoms with Crippen LogP contribution in [0.3, 0.4) is 0 Å². The molecule has 0 bridgehead atoms. The molecule has 29 heavy (non-hydrogen) atoms. The van der Waals surface area contributed by atoms with Gasteiger partial charge in [0.2, 0.25) is 18.6 Å². The van der Waals surface area contributed by atoms with Crippen LogP contribution in [0.4, 0.5) is 5.69 Å². The van der Waals surface area contributed by atoms with Crippen molar-refractivity contribution in [2.75, 3.05) is 12.1 Å². The molecule has 0 saturated heterocycles. The summed E-state index contributed by atoms with van der Waals surface area (Å²) >= 11 is 0. The average molecular weight is 392 g/mol. The van der Waals surface area contributed by atoms with Gasteiger partial charge in [-0.2, -0.15) is 0 Å². The van der Waals surface area contributed by atoms with Crippen LogP contribution in [0.1, 0.15) is 18.4 Å². The van der Waals surface area contributed by atoms with Crippen molar-refractivity contribution in [3.63, 3.8) is 0 Å². The smallest absolute Gasteiger partial charge is 0.231 e. The molecule has 1 aromatic heterocycles. The van der Waals surface area contributed by atoms with Gasteiger partial charge in [-0.15, -0.1) is 0 Å². The lowest BCUT2D eigenvalue weighted by Gasteiger charge is -2.08. The molecule has 2 heterocycles. The number of imidazole rings is 1. The zero-order valence-corrected chi connectivity index (χ0v) is 15.6. The standard InChI is InChI=1S/C21H20N4O4/c26-20(23-12-15-1-6-18-19(11-15)29-14-28-18)7-8-21(27)24-16-2-4-17(5-3-16)25-10-9-22-13-25/h1-6,9-11,13H,7-8,12,14H2,(H,23,26)(H,24,27). The van der Waals surface area contributed by atoms with Crippen molar-refractivity contribution in [1.82, 2.24) is 14.9 Å². The number of anilines is 1. The van der Waals surface area contributed by atoms with E-state index in [2.05, 4.69) is 15.6 Å². The number of rotatable bonds is 7. The molecule has 2 N–H and O–H groups in total. The first-order valence-corrected chi connectivity index (χ1v) is 9.21. The van der Waals surface area contributed by atoms with Crippen molar-refractivity contribution in [2.24, 2.45) is 0 Å². The minimum Gasteiger partial charge on any atom is -0.454 e. The van der Waals surface area contributed by atoms with E-state index in [1.807, 2.05) is 53.2 Å². The Morgan fingerprint density at radius 1 is 1.00 bits per heavy atom. The summed E-state index contributed by atoms with van der Waals surface area (Å²) in [6, 6.07) is 12.9. The highest BCUT2D eigenvalue weighted by Crippen LogP contribution is 2.32. The zero-order chi connectivity index (χ0) is 20.1. The number of ether oxygens (including phenoxy) is 2. The lowest BCUT2D eigenvalue weighted by atomic mass is 10.2. The number of hydrogen-bond donors (Lipinski definition) is 2. The molecule has 0 fully saturated rings. The molecule has 0 saturated carbocycles. The van der Waals surface area contributed by atoms with Crippen LogP contribution in [0.15, 0.2) is 61.2 Å². The Balaban J connectivity index is 1.20. The van der Waals surface area contributed by atoms with Crippen LogP contribution in [-0.2, 0) is 16.1 Å². The summed E-state index contributed by atoms with van der Waals surface area (Å²) in [4.78, 5) is 28.1. The van der Waals surface area contributed by atoms with Crippen molar-refractivity contribution < 1.29 is 19.1 Å². The second-order valence-electron chi connectivity index (χ2n) is 6.53. The van der Waals surface area contributed by atoms with E-state index in [0.717, 1.165) is 11.3 Å². The van der Waals surface area contributed by atoms with Crippen molar-refractivity contribution in [2.45, 2.75) is 19.4 Å². The van der Waals surface area contributed by atoms with Crippen LogP contribution < -0.4 is 20.1 Å². The maximum atomic E-state index is 12.1. The van der Waals surface area contributed by atoms with Gasteiger partial charge in [-0.05, 0) is 42.0 Å². The molecule has 3 aromatic rings. The predicted octanol–water partition coefficient (Wildman–Crippen LogP) is 2.64. The van der Waals surface area contributed by atoms with E-state index in [1.54, 1.807) is 12.5 Å². The lowest BCUT2D eigenvalue weighted by molar-refractivity contribution is -0.124. The molecule has 148 valence electrons. The van der Waals surface area contributed by atoms with Crippen LogP contribution >= 0.6 is 0 Å². The van der Waals surface area contributed by atoms with Crippen LogP contribution in [0.2, 0.25) is 0 Å². The van der Waals surface area contributed by atoms with Gasteiger partial charge in [0.05, 0.1) is 6.33 Å². The normalized spacial score (nSPS) is 11.9. The van der Waals surface area contributed by atoms with Gasteiger partial charge in [-0.3, -0.25) is 9.59 Å². The molecule has 0 aliphatic carbocycles. The van der Waals surface area contributed by atoms with Crippen LogP contribution in [-0.4, -0.2) is 28.2 Å². The van der Waals surface area contributed by atoms with Gasteiger partial charge in [0.1, 0.15) is 0 Å². The summed E-state index contributed by atoms with van der Waals surface area (Å²) in [7, 11) is 0.